The molecule has 0 aromatic rings. The van der Waals surface area contributed by atoms with Crippen LogP contribution in [0.5, 0.6) is 0 Å². The molecule has 2 atom stereocenters. The lowest BCUT2D eigenvalue weighted by Crippen LogP contribution is -2.37. The van der Waals surface area contributed by atoms with E-state index in [-0.39, 0.29) is 32.0 Å². The normalized spacial score (nSPS) is 13.5. The molecule has 9 nitrogen and oxygen atoms in total. The van der Waals surface area contributed by atoms with Crippen molar-refractivity contribution < 1.29 is 42.1 Å². The van der Waals surface area contributed by atoms with E-state index >= 15 is 0 Å². The molecule has 0 spiro atoms. The number of hydrogen-bond acceptors (Lipinski definition) is 8. The molecule has 10 heteroatoms. The first-order valence-corrected chi connectivity index (χ1v) is 27.9. The second-order valence-electron chi connectivity index (χ2n) is 19.2. The number of nitrogens with zero attached hydrogens (tertiary/aromatic N) is 1. The van der Waals surface area contributed by atoms with Crippen LogP contribution in [0.2, 0.25) is 0 Å². The summed E-state index contributed by atoms with van der Waals surface area (Å²) < 4.78 is 34.1. The van der Waals surface area contributed by atoms with Crippen LogP contribution in [-0.2, 0) is 32.7 Å². The zero-order chi connectivity index (χ0) is 45.7. The van der Waals surface area contributed by atoms with E-state index in [1.165, 1.54) is 186 Å². The fraction of sp³-hybridized carbons (Fsp3) is 0.923. The molecule has 0 aromatic carbocycles. The molecule has 368 valence electrons. The third-order valence-electron chi connectivity index (χ3n) is 11.8. The number of ether oxygens (including phenoxy) is 2. The van der Waals surface area contributed by atoms with E-state index in [9.17, 15) is 19.0 Å². The Bertz CT molecular complexity index is 1060. The molecule has 0 heterocycles. The van der Waals surface area contributed by atoms with Crippen molar-refractivity contribution in [2.24, 2.45) is 0 Å². The molecule has 0 saturated carbocycles. The zero-order valence-electron chi connectivity index (χ0n) is 41.6. The van der Waals surface area contributed by atoms with Crippen LogP contribution in [0.3, 0.4) is 0 Å². The zero-order valence-corrected chi connectivity index (χ0v) is 42.5. The smallest absolute Gasteiger partial charge is 0.306 e. The van der Waals surface area contributed by atoms with Crippen LogP contribution < -0.4 is 4.89 Å². The second kappa shape index (κ2) is 44.9. The largest absolute Gasteiger partial charge is 0.756 e. The maximum absolute atomic E-state index is 12.7. The summed E-state index contributed by atoms with van der Waals surface area (Å²) in [5.41, 5.74) is 0. The first kappa shape index (κ1) is 60.8. The molecule has 0 fully saturated rings. The summed E-state index contributed by atoms with van der Waals surface area (Å²) >= 11 is 0. The van der Waals surface area contributed by atoms with Crippen LogP contribution in [0, 0.1) is 0 Å². The van der Waals surface area contributed by atoms with Crippen LogP contribution >= 0.6 is 7.82 Å². The number of hydrogen-bond donors (Lipinski definition) is 0. The van der Waals surface area contributed by atoms with E-state index in [4.69, 9.17) is 18.5 Å². The highest BCUT2D eigenvalue weighted by molar-refractivity contribution is 7.45. The van der Waals surface area contributed by atoms with Crippen molar-refractivity contribution in [2.45, 2.75) is 264 Å². The number of unbranched alkanes of at least 4 members (excludes halogenated alkanes) is 33. The number of quaternary nitrogens is 1. The standard InChI is InChI=1S/C52H102NO8P/c1-6-8-10-12-14-16-18-20-22-24-26-28-30-32-34-36-38-40-42-44-51(54)58-48-50(49-60-62(56,57)59-47-46-53(3,4)5)61-52(55)45-43-41-39-37-35-33-31-29-27-25-23-21-19-17-15-13-11-9-7-2/h21,23,50H,6-20,22,24-49H2,1-5H3/b23-21-/t50-/m1/s1. The highest BCUT2D eigenvalue weighted by Gasteiger charge is 2.21. The van der Waals surface area contributed by atoms with E-state index in [1.807, 2.05) is 21.1 Å². The number of rotatable bonds is 49. The maximum Gasteiger partial charge on any atom is 0.306 e. The molecule has 0 radical (unpaired) electrons. The number of likely N-dealkylation sites (N-methyl/N-ethyl adjacent to an activating group) is 1. The van der Waals surface area contributed by atoms with Gasteiger partial charge in [0.1, 0.15) is 19.8 Å². The molecule has 0 amide bonds. The minimum absolute atomic E-state index is 0.0276. The van der Waals surface area contributed by atoms with Gasteiger partial charge in [0.05, 0.1) is 27.7 Å². The Morgan fingerprint density at radius 2 is 0.823 bits per heavy atom. The van der Waals surface area contributed by atoms with Crippen molar-refractivity contribution in [3.63, 3.8) is 0 Å². The number of phosphoric ester groups is 1. The van der Waals surface area contributed by atoms with Crippen molar-refractivity contribution in [3.8, 4) is 0 Å². The van der Waals surface area contributed by atoms with Gasteiger partial charge in [0.25, 0.3) is 7.82 Å². The summed E-state index contributed by atoms with van der Waals surface area (Å²) in [5.74, 6) is -0.820. The summed E-state index contributed by atoms with van der Waals surface area (Å²) in [6.07, 6.45) is 49.5. The molecule has 0 saturated heterocycles. The van der Waals surface area contributed by atoms with Gasteiger partial charge < -0.3 is 27.9 Å². The Labute approximate surface area is 384 Å². The second-order valence-corrected chi connectivity index (χ2v) is 20.7. The summed E-state index contributed by atoms with van der Waals surface area (Å²) in [5, 5.41) is 0. The molecule has 0 aliphatic carbocycles. The summed E-state index contributed by atoms with van der Waals surface area (Å²) in [6.45, 7) is 4.28. The molecule has 0 aliphatic rings. The summed E-state index contributed by atoms with van der Waals surface area (Å²) in [6, 6.07) is 0. The number of carbonyl (C=O) groups is 2. The van der Waals surface area contributed by atoms with Crippen molar-refractivity contribution in [1.82, 2.24) is 0 Å². The number of esters is 2. The number of carbonyl (C=O) groups excluding carboxylic acids is 2. The van der Waals surface area contributed by atoms with Gasteiger partial charge in [-0.1, -0.05) is 219 Å². The van der Waals surface area contributed by atoms with Gasteiger partial charge in [-0.05, 0) is 38.5 Å². The van der Waals surface area contributed by atoms with E-state index in [1.54, 1.807) is 0 Å². The van der Waals surface area contributed by atoms with Crippen molar-refractivity contribution in [1.29, 1.82) is 0 Å². The molecule has 0 bridgehead atoms. The average Bonchev–Trinajstić information content (AvgIpc) is 3.23. The molecule has 0 aromatic heterocycles. The molecule has 1 unspecified atom stereocenters. The molecule has 62 heavy (non-hydrogen) atoms. The average molecular weight is 900 g/mol. The molecule has 0 aliphatic heterocycles. The lowest BCUT2D eigenvalue weighted by atomic mass is 10.0. The third kappa shape index (κ3) is 48.2. The van der Waals surface area contributed by atoms with Crippen LogP contribution in [0.25, 0.3) is 0 Å². The predicted octanol–water partition coefficient (Wildman–Crippen LogP) is 15.1. The van der Waals surface area contributed by atoms with Crippen molar-refractivity contribution >= 4 is 19.8 Å². The van der Waals surface area contributed by atoms with E-state index in [0.29, 0.717) is 17.4 Å². The lowest BCUT2D eigenvalue weighted by molar-refractivity contribution is -0.870. The monoisotopic (exact) mass is 900 g/mol. The van der Waals surface area contributed by atoms with Gasteiger partial charge in [-0.15, -0.1) is 0 Å². The van der Waals surface area contributed by atoms with Gasteiger partial charge in [0, 0.05) is 12.8 Å². The van der Waals surface area contributed by atoms with Crippen LogP contribution in [0.4, 0.5) is 0 Å². The highest BCUT2D eigenvalue weighted by atomic mass is 31.2. The Morgan fingerprint density at radius 3 is 1.19 bits per heavy atom. The molecular weight excluding hydrogens is 798 g/mol. The maximum atomic E-state index is 12.7. The van der Waals surface area contributed by atoms with E-state index in [0.717, 1.165) is 38.5 Å². The fourth-order valence-electron chi connectivity index (χ4n) is 7.65. The first-order valence-electron chi connectivity index (χ1n) is 26.4. The number of allylic oxidation sites excluding steroid dienone is 2. The quantitative estimate of drug-likeness (QED) is 0.0195. The Hall–Kier alpha value is -1.25. The Balaban J connectivity index is 4.20. The molecule has 0 N–H and O–H groups in total. The fourth-order valence-corrected chi connectivity index (χ4v) is 8.38. The van der Waals surface area contributed by atoms with Crippen LogP contribution in [0.1, 0.15) is 258 Å². The van der Waals surface area contributed by atoms with Gasteiger partial charge in [-0.25, -0.2) is 0 Å². The minimum Gasteiger partial charge on any atom is -0.756 e. The summed E-state index contributed by atoms with van der Waals surface area (Å²) in [4.78, 5) is 37.7. The third-order valence-corrected chi connectivity index (χ3v) is 12.7. The Morgan fingerprint density at radius 1 is 0.484 bits per heavy atom. The lowest BCUT2D eigenvalue weighted by Gasteiger charge is -2.28. The van der Waals surface area contributed by atoms with E-state index in [2.05, 4.69) is 26.0 Å². The van der Waals surface area contributed by atoms with Gasteiger partial charge in [0.15, 0.2) is 6.10 Å². The topological polar surface area (TPSA) is 111 Å². The van der Waals surface area contributed by atoms with Crippen molar-refractivity contribution in [2.75, 3.05) is 47.5 Å². The molecular formula is C52H102NO8P. The van der Waals surface area contributed by atoms with Gasteiger partial charge in [-0.3, -0.25) is 14.2 Å². The van der Waals surface area contributed by atoms with Crippen LogP contribution in [-0.4, -0.2) is 70.0 Å². The number of phosphoric acid groups is 1. The first-order chi connectivity index (χ1) is 30.0. The van der Waals surface area contributed by atoms with Crippen molar-refractivity contribution in [3.05, 3.63) is 12.2 Å². The SMILES string of the molecule is CCCCCCCC/C=C\CCCCCCCCCCCC(=O)O[C@H](COC(=O)CCCCCCCCCCCCCCCCCCCCC)COP(=O)([O-])OCC[N+](C)(C)C. The Kier molecular flexibility index (Phi) is 44.0. The predicted molar refractivity (Wildman–Crippen MR) is 259 cm³/mol. The van der Waals surface area contributed by atoms with E-state index < -0.39 is 26.5 Å². The summed E-state index contributed by atoms with van der Waals surface area (Å²) in [7, 11) is 1.18. The molecule has 0 rings (SSSR count). The van der Waals surface area contributed by atoms with Gasteiger partial charge >= 0.3 is 11.9 Å². The van der Waals surface area contributed by atoms with Gasteiger partial charge in [-0.2, -0.15) is 0 Å². The van der Waals surface area contributed by atoms with Crippen LogP contribution in [0.15, 0.2) is 12.2 Å². The highest BCUT2D eigenvalue weighted by Crippen LogP contribution is 2.38. The minimum atomic E-state index is -4.63. The van der Waals surface area contributed by atoms with Gasteiger partial charge in [0.2, 0.25) is 0 Å².